The quantitative estimate of drug-likeness (QED) is 0.536. The van der Waals surface area contributed by atoms with Gasteiger partial charge in [-0.05, 0) is 24.9 Å². The molecule has 1 aromatic rings. The minimum atomic E-state index is -0.772. The Labute approximate surface area is 130 Å². The van der Waals surface area contributed by atoms with Gasteiger partial charge in [-0.15, -0.1) is 0 Å². The predicted octanol–water partition coefficient (Wildman–Crippen LogP) is 1.75. The molecular formula is C16H22N2O4. The number of carbonyl (C=O) groups is 2. The van der Waals surface area contributed by atoms with Crippen LogP contribution in [-0.2, 0) is 20.9 Å². The van der Waals surface area contributed by atoms with Crippen molar-refractivity contribution in [3.8, 4) is 0 Å². The smallest absolute Gasteiger partial charge is 0.408 e. The summed E-state index contributed by atoms with van der Waals surface area (Å²) in [6, 6.07) is 8.50. The molecule has 0 aliphatic rings. The van der Waals surface area contributed by atoms with Gasteiger partial charge in [0.2, 0.25) is 0 Å². The maximum absolute atomic E-state index is 11.8. The van der Waals surface area contributed by atoms with E-state index >= 15 is 0 Å². The third-order valence-electron chi connectivity index (χ3n) is 2.83. The summed E-state index contributed by atoms with van der Waals surface area (Å²) in [6.07, 6.45) is 1.78. The van der Waals surface area contributed by atoms with Crippen LogP contribution >= 0.6 is 0 Å². The topological polar surface area (TPSA) is 90.6 Å². The average molecular weight is 306 g/mol. The largest absolute Gasteiger partial charge is 0.460 e. The van der Waals surface area contributed by atoms with Gasteiger partial charge in [0, 0.05) is 0 Å². The molecule has 0 aromatic heterocycles. The minimum Gasteiger partial charge on any atom is -0.460 e. The first kappa shape index (κ1) is 17.7. The van der Waals surface area contributed by atoms with Gasteiger partial charge < -0.3 is 20.5 Å². The maximum atomic E-state index is 11.8. The van der Waals surface area contributed by atoms with E-state index in [9.17, 15) is 9.59 Å². The number of rotatable bonds is 9. The van der Waals surface area contributed by atoms with Gasteiger partial charge in [0.15, 0.2) is 0 Å². The number of hydrogen-bond donors (Lipinski definition) is 2. The maximum Gasteiger partial charge on any atom is 0.408 e. The summed E-state index contributed by atoms with van der Waals surface area (Å²) >= 11 is 0. The van der Waals surface area contributed by atoms with Crippen LogP contribution in [0.2, 0.25) is 0 Å². The zero-order valence-corrected chi connectivity index (χ0v) is 12.5. The van der Waals surface area contributed by atoms with Crippen LogP contribution in [0.3, 0.4) is 0 Å². The number of ether oxygens (including phenoxy) is 2. The lowest BCUT2D eigenvalue weighted by Gasteiger charge is -2.16. The molecule has 22 heavy (non-hydrogen) atoms. The van der Waals surface area contributed by atoms with Gasteiger partial charge in [-0.25, -0.2) is 9.59 Å². The molecule has 0 fully saturated rings. The highest BCUT2D eigenvalue weighted by atomic mass is 16.6. The normalized spacial score (nSPS) is 11.3. The van der Waals surface area contributed by atoms with Crippen LogP contribution in [0.4, 0.5) is 4.79 Å². The summed E-state index contributed by atoms with van der Waals surface area (Å²) in [7, 11) is 0. The lowest BCUT2D eigenvalue weighted by molar-refractivity contribution is -0.145. The summed E-state index contributed by atoms with van der Waals surface area (Å²) in [4.78, 5) is 23.6. The molecule has 1 atom stereocenters. The van der Waals surface area contributed by atoms with Crippen molar-refractivity contribution in [2.24, 2.45) is 5.73 Å². The summed E-state index contributed by atoms with van der Waals surface area (Å²) in [5.74, 6) is -0.523. The Hall–Kier alpha value is -2.34. The van der Waals surface area contributed by atoms with E-state index in [1.54, 1.807) is 0 Å². The van der Waals surface area contributed by atoms with Gasteiger partial charge in [0.05, 0.1) is 0 Å². The van der Waals surface area contributed by atoms with E-state index in [-0.39, 0.29) is 13.2 Å². The third-order valence-corrected chi connectivity index (χ3v) is 2.83. The zero-order valence-electron chi connectivity index (χ0n) is 12.5. The molecule has 0 saturated carbocycles. The van der Waals surface area contributed by atoms with Crippen molar-refractivity contribution in [3.05, 3.63) is 48.6 Å². The summed E-state index contributed by atoms with van der Waals surface area (Å²) in [6.45, 7) is 4.12. The van der Waals surface area contributed by atoms with E-state index in [4.69, 9.17) is 15.2 Å². The first-order chi connectivity index (χ1) is 10.7. The van der Waals surface area contributed by atoms with Gasteiger partial charge in [-0.2, -0.15) is 0 Å². The second kappa shape index (κ2) is 10.4. The molecule has 6 heteroatoms. The van der Waals surface area contributed by atoms with Crippen LogP contribution in [-0.4, -0.2) is 31.3 Å². The molecule has 1 aromatic carbocycles. The number of benzene rings is 1. The van der Waals surface area contributed by atoms with Crippen LogP contribution in [0.25, 0.3) is 0 Å². The van der Waals surface area contributed by atoms with Crippen LogP contribution in [0, 0.1) is 0 Å². The number of alkyl carbamates (subject to hydrolysis) is 1. The highest BCUT2D eigenvalue weighted by Crippen LogP contribution is 2.03. The second-order valence-electron chi connectivity index (χ2n) is 4.61. The van der Waals surface area contributed by atoms with Crippen molar-refractivity contribution in [1.82, 2.24) is 5.32 Å². The van der Waals surface area contributed by atoms with Gasteiger partial charge >= 0.3 is 12.1 Å². The number of hydrogen-bond acceptors (Lipinski definition) is 5. The molecule has 120 valence electrons. The monoisotopic (exact) mass is 306 g/mol. The molecule has 0 aliphatic carbocycles. The van der Waals surface area contributed by atoms with Gasteiger partial charge in [-0.3, -0.25) is 0 Å². The van der Waals surface area contributed by atoms with Crippen molar-refractivity contribution in [1.29, 1.82) is 0 Å². The average Bonchev–Trinajstić information content (AvgIpc) is 2.55. The molecule has 0 heterocycles. The van der Waals surface area contributed by atoms with Crippen LogP contribution in [0.1, 0.15) is 18.4 Å². The molecule has 0 spiro atoms. The molecule has 0 saturated heterocycles. The van der Waals surface area contributed by atoms with Crippen LogP contribution in [0.15, 0.2) is 43.0 Å². The van der Waals surface area contributed by atoms with E-state index in [1.807, 2.05) is 30.3 Å². The summed E-state index contributed by atoms with van der Waals surface area (Å²) in [5, 5.41) is 2.51. The Kier molecular flexibility index (Phi) is 8.37. The minimum absolute atomic E-state index is 0.0959. The molecule has 0 bridgehead atoms. The molecule has 0 unspecified atom stereocenters. The lowest BCUT2D eigenvalue weighted by Crippen LogP contribution is -2.42. The summed E-state index contributed by atoms with van der Waals surface area (Å²) in [5.41, 5.74) is 6.30. The predicted molar refractivity (Wildman–Crippen MR) is 83.0 cm³/mol. The molecule has 3 N–H and O–H groups in total. The first-order valence-electron chi connectivity index (χ1n) is 7.12. The lowest BCUT2D eigenvalue weighted by atomic mass is 10.1. The fraction of sp³-hybridized carbons (Fsp3) is 0.375. The van der Waals surface area contributed by atoms with Crippen molar-refractivity contribution >= 4 is 12.1 Å². The number of esters is 1. The van der Waals surface area contributed by atoms with Crippen molar-refractivity contribution < 1.29 is 19.1 Å². The van der Waals surface area contributed by atoms with Gasteiger partial charge in [0.25, 0.3) is 0 Å². The Balaban J connectivity index is 2.47. The van der Waals surface area contributed by atoms with E-state index < -0.39 is 18.1 Å². The first-order valence-corrected chi connectivity index (χ1v) is 7.12. The third kappa shape index (κ3) is 6.90. The SMILES string of the molecule is C=CCOC(=O)[C@H](CCCN)NC(=O)OCc1ccccc1. The van der Waals surface area contributed by atoms with E-state index in [0.29, 0.717) is 19.4 Å². The number of nitrogens with one attached hydrogen (secondary N) is 1. The Morgan fingerprint density at radius 2 is 2.00 bits per heavy atom. The Morgan fingerprint density at radius 1 is 1.27 bits per heavy atom. The molecule has 6 nitrogen and oxygen atoms in total. The van der Waals surface area contributed by atoms with Crippen LogP contribution < -0.4 is 11.1 Å². The van der Waals surface area contributed by atoms with E-state index in [2.05, 4.69) is 11.9 Å². The molecule has 1 amide bonds. The Bertz CT molecular complexity index is 476. The number of amides is 1. The van der Waals surface area contributed by atoms with Crippen molar-refractivity contribution in [3.63, 3.8) is 0 Å². The van der Waals surface area contributed by atoms with Crippen molar-refractivity contribution in [2.75, 3.05) is 13.2 Å². The van der Waals surface area contributed by atoms with Gasteiger partial charge in [0.1, 0.15) is 19.3 Å². The fourth-order valence-electron chi connectivity index (χ4n) is 1.72. The standard InChI is InChI=1S/C16H22N2O4/c1-2-11-21-15(19)14(9-6-10-17)18-16(20)22-12-13-7-4-3-5-8-13/h2-5,7-8,14H,1,6,9-12,17H2,(H,18,20)/t14-/m0/s1. The Morgan fingerprint density at radius 3 is 2.64 bits per heavy atom. The number of carbonyl (C=O) groups excluding carboxylic acids is 2. The molecule has 0 radical (unpaired) electrons. The van der Waals surface area contributed by atoms with Gasteiger partial charge in [-0.1, -0.05) is 43.0 Å². The van der Waals surface area contributed by atoms with Crippen molar-refractivity contribution in [2.45, 2.75) is 25.5 Å². The van der Waals surface area contributed by atoms with Crippen LogP contribution in [0.5, 0.6) is 0 Å². The van der Waals surface area contributed by atoms with E-state index in [1.165, 1.54) is 6.08 Å². The molecule has 0 aliphatic heterocycles. The molecule has 1 rings (SSSR count). The highest BCUT2D eigenvalue weighted by Gasteiger charge is 2.22. The summed E-state index contributed by atoms with van der Waals surface area (Å²) < 4.78 is 10.0. The highest BCUT2D eigenvalue weighted by molar-refractivity contribution is 5.81. The number of nitrogens with two attached hydrogens (primary N) is 1. The second-order valence-corrected chi connectivity index (χ2v) is 4.61. The van der Waals surface area contributed by atoms with E-state index in [0.717, 1.165) is 5.56 Å². The zero-order chi connectivity index (χ0) is 16.2. The molecular weight excluding hydrogens is 284 g/mol. The fourth-order valence-corrected chi connectivity index (χ4v) is 1.72.